The molecule has 0 spiro atoms. The first-order chi connectivity index (χ1) is 14.6. The predicted octanol–water partition coefficient (Wildman–Crippen LogP) is 4.40. The normalized spacial score (nSPS) is 11.5. The number of methoxy groups -OCH3 is 2. The minimum absolute atomic E-state index is 0.00485. The van der Waals surface area contributed by atoms with E-state index in [9.17, 15) is 13.2 Å². The maximum absolute atomic E-state index is 12.7. The lowest BCUT2D eigenvalue weighted by molar-refractivity contribution is -0.135. The van der Waals surface area contributed by atoms with Crippen LogP contribution in [0.2, 0.25) is 10.0 Å². The molecule has 0 aromatic heterocycles. The lowest BCUT2D eigenvalue weighted by Gasteiger charge is -2.25. The third kappa shape index (κ3) is 6.74. The smallest absolute Gasteiger partial charge is 0.339 e. The predicted molar refractivity (Wildman–Crippen MR) is 119 cm³/mol. The van der Waals surface area contributed by atoms with Crippen molar-refractivity contribution in [2.75, 3.05) is 27.4 Å². The monoisotopic (exact) mass is 489 g/mol. The quantitative estimate of drug-likeness (QED) is 0.460. The summed E-state index contributed by atoms with van der Waals surface area (Å²) in [5.41, 5.74) is 0.672. The van der Waals surface area contributed by atoms with Crippen LogP contribution in [0.15, 0.2) is 41.3 Å². The standard InChI is InChI=1S/C21H25Cl2NO6S/c1-14(2)21(25)24(9-10-28-3)13-15-5-8-19(29-4)20(11-15)30-31(26,27)16-6-7-17(22)18(23)12-16/h5-8,11-12,14H,9-10,13H2,1-4H3. The van der Waals surface area contributed by atoms with Crippen molar-refractivity contribution in [3.63, 3.8) is 0 Å². The topological polar surface area (TPSA) is 82.1 Å². The highest BCUT2D eigenvalue weighted by molar-refractivity contribution is 7.87. The number of rotatable bonds is 10. The largest absolute Gasteiger partial charge is 0.493 e. The number of carbonyl (C=O) groups excluding carboxylic acids is 1. The van der Waals surface area contributed by atoms with E-state index in [0.29, 0.717) is 18.7 Å². The molecule has 0 saturated heterocycles. The summed E-state index contributed by atoms with van der Waals surface area (Å²) in [6, 6.07) is 8.74. The van der Waals surface area contributed by atoms with E-state index in [1.165, 1.54) is 31.4 Å². The van der Waals surface area contributed by atoms with Crippen LogP contribution in [0.1, 0.15) is 19.4 Å². The number of amides is 1. The van der Waals surface area contributed by atoms with Crippen molar-refractivity contribution >= 4 is 39.2 Å². The van der Waals surface area contributed by atoms with Crippen LogP contribution in [0.5, 0.6) is 11.5 Å². The second-order valence-electron chi connectivity index (χ2n) is 7.01. The Hall–Kier alpha value is -2.00. The van der Waals surface area contributed by atoms with E-state index in [4.69, 9.17) is 36.9 Å². The molecule has 2 aromatic carbocycles. The molecular weight excluding hydrogens is 465 g/mol. The molecule has 0 radical (unpaired) electrons. The summed E-state index contributed by atoms with van der Waals surface area (Å²) < 4.78 is 41.2. The molecule has 2 aromatic rings. The molecule has 2 rings (SSSR count). The maximum atomic E-state index is 12.7. The first kappa shape index (κ1) is 25.3. The van der Waals surface area contributed by atoms with Crippen LogP contribution in [-0.2, 0) is 26.2 Å². The molecule has 0 aliphatic rings. The van der Waals surface area contributed by atoms with E-state index < -0.39 is 10.1 Å². The Morgan fingerprint density at radius 2 is 1.74 bits per heavy atom. The molecule has 0 aliphatic heterocycles. The molecule has 0 unspecified atom stereocenters. The van der Waals surface area contributed by atoms with Gasteiger partial charge in [0.15, 0.2) is 11.5 Å². The Kier molecular flexibility index (Phi) is 9.00. The lowest BCUT2D eigenvalue weighted by Crippen LogP contribution is -2.36. The van der Waals surface area contributed by atoms with Gasteiger partial charge in [0.2, 0.25) is 5.91 Å². The summed E-state index contributed by atoms with van der Waals surface area (Å²) in [5.74, 6) is -0.0135. The summed E-state index contributed by atoms with van der Waals surface area (Å²) in [6.07, 6.45) is 0. The van der Waals surface area contributed by atoms with Gasteiger partial charge in [0, 0.05) is 26.1 Å². The number of hydrogen-bond donors (Lipinski definition) is 0. The summed E-state index contributed by atoms with van der Waals surface area (Å²) in [7, 11) is -1.23. The van der Waals surface area contributed by atoms with E-state index in [1.807, 2.05) is 13.8 Å². The molecule has 0 aliphatic carbocycles. The van der Waals surface area contributed by atoms with Crippen LogP contribution in [0, 0.1) is 5.92 Å². The summed E-state index contributed by atoms with van der Waals surface area (Å²) >= 11 is 11.8. The van der Waals surface area contributed by atoms with Crippen molar-refractivity contribution in [3.8, 4) is 11.5 Å². The van der Waals surface area contributed by atoms with Crippen LogP contribution in [0.4, 0.5) is 0 Å². The highest BCUT2D eigenvalue weighted by Crippen LogP contribution is 2.33. The first-order valence-electron chi connectivity index (χ1n) is 9.43. The average Bonchev–Trinajstić information content (AvgIpc) is 2.72. The zero-order valence-electron chi connectivity index (χ0n) is 17.7. The van der Waals surface area contributed by atoms with Crippen molar-refractivity contribution in [3.05, 3.63) is 52.0 Å². The zero-order valence-corrected chi connectivity index (χ0v) is 20.1. The van der Waals surface area contributed by atoms with Gasteiger partial charge in [-0.3, -0.25) is 4.79 Å². The van der Waals surface area contributed by atoms with Crippen LogP contribution in [0.3, 0.4) is 0 Å². The molecule has 0 fully saturated rings. The third-order valence-electron chi connectivity index (χ3n) is 4.35. The Morgan fingerprint density at radius 1 is 1.03 bits per heavy atom. The number of benzene rings is 2. The van der Waals surface area contributed by atoms with Crippen molar-refractivity contribution in [2.24, 2.45) is 5.92 Å². The SMILES string of the molecule is COCCN(Cc1ccc(OC)c(OS(=O)(=O)c2ccc(Cl)c(Cl)c2)c1)C(=O)C(C)C. The molecule has 170 valence electrons. The fourth-order valence-corrected chi connectivity index (χ4v) is 4.06. The number of hydrogen-bond acceptors (Lipinski definition) is 6. The van der Waals surface area contributed by atoms with Crippen molar-refractivity contribution in [2.45, 2.75) is 25.3 Å². The van der Waals surface area contributed by atoms with Gasteiger partial charge in [-0.25, -0.2) is 0 Å². The molecular formula is C21H25Cl2NO6S. The Morgan fingerprint density at radius 3 is 2.32 bits per heavy atom. The number of halogens is 2. The average molecular weight is 490 g/mol. The van der Waals surface area contributed by atoms with Crippen LogP contribution in [0.25, 0.3) is 0 Å². The van der Waals surface area contributed by atoms with E-state index in [0.717, 1.165) is 0 Å². The highest BCUT2D eigenvalue weighted by Gasteiger charge is 2.22. The van der Waals surface area contributed by atoms with Crippen LogP contribution < -0.4 is 8.92 Å². The highest BCUT2D eigenvalue weighted by atomic mass is 35.5. The molecule has 0 saturated carbocycles. The van der Waals surface area contributed by atoms with Crippen molar-refractivity contribution in [1.82, 2.24) is 4.90 Å². The van der Waals surface area contributed by atoms with Gasteiger partial charge >= 0.3 is 10.1 Å². The Bertz CT molecular complexity index is 1030. The maximum Gasteiger partial charge on any atom is 0.339 e. The fourth-order valence-electron chi connectivity index (χ4n) is 2.74. The van der Waals surface area contributed by atoms with E-state index >= 15 is 0 Å². The molecule has 1 amide bonds. The number of carbonyl (C=O) groups is 1. The molecule has 10 heteroatoms. The second kappa shape index (κ2) is 11.0. The lowest BCUT2D eigenvalue weighted by atomic mass is 10.1. The van der Waals surface area contributed by atoms with Crippen LogP contribution >= 0.6 is 23.2 Å². The van der Waals surface area contributed by atoms with E-state index in [2.05, 4.69) is 0 Å². The molecule has 0 atom stereocenters. The van der Waals surface area contributed by atoms with Crippen LogP contribution in [-0.4, -0.2) is 46.6 Å². The van der Waals surface area contributed by atoms with Gasteiger partial charge in [0.05, 0.1) is 23.8 Å². The first-order valence-corrected chi connectivity index (χ1v) is 11.6. The zero-order chi connectivity index (χ0) is 23.2. The Balaban J connectivity index is 2.34. The van der Waals surface area contributed by atoms with E-state index in [-0.39, 0.29) is 44.8 Å². The number of nitrogens with zero attached hydrogens (tertiary/aromatic N) is 1. The number of ether oxygens (including phenoxy) is 2. The summed E-state index contributed by atoms with van der Waals surface area (Å²) in [6.45, 7) is 4.66. The minimum Gasteiger partial charge on any atom is -0.493 e. The van der Waals surface area contributed by atoms with Crippen molar-refractivity contribution < 1.29 is 26.9 Å². The molecule has 7 nitrogen and oxygen atoms in total. The molecule has 31 heavy (non-hydrogen) atoms. The van der Waals surface area contributed by atoms with Gasteiger partial charge in [0.1, 0.15) is 4.90 Å². The van der Waals surface area contributed by atoms with Gasteiger partial charge in [0.25, 0.3) is 0 Å². The third-order valence-corrected chi connectivity index (χ3v) is 6.32. The molecule has 0 bridgehead atoms. The Labute approximate surface area is 192 Å². The molecule has 0 heterocycles. The second-order valence-corrected chi connectivity index (χ2v) is 9.37. The molecule has 0 N–H and O–H groups in total. The minimum atomic E-state index is -4.20. The van der Waals surface area contributed by atoms with Gasteiger partial charge in [-0.2, -0.15) is 8.42 Å². The van der Waals surface area contributed by atoms with Gasteiger partial charge in [-0.05, 0) is 35.9 Å². The van der Waals surface area contributed by atoms with Gasteiger partial charge < -0.3 is 18.6 Å². The van der Waals surface area contributed by atoms with Gasteiger partial charge in [-0.1, -0.05) is 43.1 Å². The summed E-state index contributed by atoms with van der Waals surface area (Å²) in [5, 5.41) is 0.319. The summed E-state index contributed by atoms with van der Waals surface area (Å²) in [4.78, 5) is 14.0. The van der Waals surface area contributed by atoms with E-state index in [1.54, 1.807) is 24.1 Å². The van der Waals surface area contributed by atoms with Gasteiger partial charge in [-0.15, -0.1) is 0 Å². The fraction of sp³-hybridized carbons (Fsp3) is 0.381. The van der Waals surface area contributed by atoms with Crippen molar-refractivity contribution in [1.29, 1.82) is 0 Å².